The second-order valence-electron chi connectivity index (χ2n) is 6.66. The first kappa shape index (κ1) is 19.8. The van der Waals surface area contributed by atoms with Crippen LogP contribution in [0.3, 0.4) is 0 Å². The van der Waals surface area contributed by atoms with Gasteiger partial charge in [-0.3, -0.25) is 5.32 Å². The van der Waals surface area contributed by atoms with E-state index < -0.39 is 40.0 Å². The maximum Gasteiger partial charge on any atom is 0.411 e. The van der Waals surface area contributed by atoms with E-state index in [1.165, 1.54) is 0 Å². The Labute approximate surface area is 174 Å². The van der Waals surface area contributed by atoms with Gasteiger partial charge in [0.05, 0.1) is 10.7 Å². The summed E-state index contributed by atoms with van der Waals surface area (Å²) < 4.78 is 33.3. The summed E-state index contributed by atoms with van der Waals surface area (Å²) in [7, 11) is 0. The lowest BCUT2D eigenvalue weighted by molar-refractivity contribution is 0.0686. The molecule has 0 spiro atoms. The number of nitrogens with one attached hydrogen (secondary N) is 1. The Kier molecular flexibility index (Phi) is 5.13. The molecule has 8 heteroatoms. The highest BCUT2D eigenvalue weighted by molar-refractivity contribution is 6.31. The summed E-state index contributed by atoms with van der Waals surface area (Å²) in [5, 5.41) is 10.4. The Morgan fingerprint density at radius 1 is 1.00 bits per heavy atom. The van der Waals surface area contributed by atoms with Gasteiger partial charge in [-0.1, -0.05) is 60.1 Å². The second kappa shape index (κ2) is 7.76. The fourth-order valence-corrected chi connectivity index (χ4v) is 3.83. The monoisotopic (exact) mass is 429 g/mol. The molecule has 0 saturated heterocycles. The highest BCUT2D eigenvalue weighted by Crippen LogP contribution is 2.44. The van der Waals surface area contributed by atoms with Crippen molar-refractivity contribution in [1.82, 2.24) is 0 Å². The minimum Gasteiger partial charge on any atom is -0.477 e. The predicted molar refractivity (Wildman–Crippen MR) is 107 cm³/mol. The molecule has 0 aliphatic heterocycles. The molecule has 5 nitrogen and oxygen atoms in total. The standard InChI is InChI=1S/C22H14ClF2NO4/c23-16-9-17(20(25)18(19(16)24)21(27)28)26-22(29)30-10-15-13-7-3-1-5-11(13)12-6-2-4-8-14(12)15/h1-9,15H,10H2,(H,26,29)(H,27,28). The minimum absolute atomic E-state index is 0.0256. The lowest BCUT2D eigenvalue weighted by atomic mass is 9.98. The summed E-state index contributed by atoms with van der Waals surface area (Å²) in [5.74, 6) is -4.92. The molecule has 152 valence electrons. The highest BCUT2D eigenvalue weighted by atomic mass is 35.5. The van der Waals surface area contributed by atoms with E-state index in [0.717, 1.165) is 28.3 Å². The first-order valence-corrected chi connectivity index (χ1v) is 9.29. The van der Waals surface area contributed by atoms with E-state index >= 15 is 0 Å². The van der Waals surface area contributed by atoms with E-state index in [1.54, 1.807) is 0 Å². The number of ether oxygens (including phenoxy) is 1. The van der Waals surface area contributed by atoms with Crippen LogP contribution < -0.4 is 5.32 Å². The summed E-state index contributed by atoms with van der Waals surface area (Å²) in [4.78, 5) is 23.3. The number of carboxylic acids is 1. The molecule has 0 aromatic heterocycles. The maximum atomic E-state index is 14.3. The van der Waals surface area contributed by atoms with Gasteiger partial charge in [-0.05, 0) is 28.3 Å². The van der Waals surface area contributed by atoms with Crippen molar-refractivity contribution in [3.63, 3.8) is 0 Å². The zero-order valence-electron chi connectivity index (χ0n) is 15.3. The van der Waals surface area contributed by atoms with Gasteiger partial charge in [-0.25, -0.2) is 18.4 Å². The molecule has 0 unspecified atom stereocenters. The van der Waals surface area contributed by atoms with Crippen molar-refractivity contribution in [3.05, 3.63) is 87.9 Å². The molecule has 2 N–H and O–H groups in total. The molecule has 0 fully saturated rings. The van der Waals surface area contributed by atoms with E-state index in [4.69, 9.17) is 21.4 Å². The van der Waals surface area contributed by atoms with E-state index in [2.05, 4.69) is 5.32 Å². The number of carboxylic acid groups (broad SMARTS) is 1. The number of amides is 1. The van der Waals surface area contributed by atoms with Crippen LogP contribution in [0.1, 0.15) is 27.4 Å². The van der Waals surface area contributed by atoms with E-state index in [0.29, 0.717) is 0 Å². The van der Waals surface area contributed by atoms with Crippen molar-refractivity contribution < 1.29 is 28.2 Å². The number of anilines is 1. The molecule has 0 heterocycles. The molecule has 3 aromatic rings. The average molecular weight is 430 g/mol. The highest BCUT2D eigenvalue weighted by Gasteiger charge is 2.29. The third-order valence-corrected chi connectivity index (χ3v) is 5.23. The molecule has 0 saturated carbocycles. The number of hydrogen-bond acceptors (Lipinski definition) is 3. The number of rotatable bonds is 4. The van der Waals surface area contributed by atoms with Crippen LogP contribution in [0.25, 0.3) is 11.1 Å². The SMILES string of the molecule is O=C(Nc1cc(Cl)c(F)c(C(=O)O)c1F)OCC1c2ccccc2-c2ccccc21. The topological polar surface area (TPSA) is 75.6 Å². The number of carbonyl (C=O) groups is 2. The van der Waals surface area contributed by atoms with Gasteiger partial charge in [-0.15, -0.1) is 0 Å². The quantitative estimate of drug-likeness (QED) is 0.523. The normalized spacial score (nSPS) is 12.2. The van der Waals surface area contributed by atoms with Gasteiger partial charge in [0, 0.05) is 5.92 Å². The van der Waals surface area contributed by atoms with Crippen molar-refractivity contribution in [2.75, 3.05) is 11.9 Å². The van der Waals surface area contributed by atoms with Crippen molar-refractivity contribution in [1.29, 1.82) is 0 Å². The average Bonchev–Trinajstić information content (AvgIpc) is 3.04. The number of benzene rings is 3. The van der Waals surface area contributed by atoms with Crippen LogP contribution in [0.5, 0.6) is 0 Å². The molecule has 1 amide bonds. The van der Waals surface area contributed by atoms with E-state index in [-0.39, 0.29) is 12.5 Å². The molecular formula is C22H14ClF2NO4. The van der Waals surface area contributed by atoms with Crippen molar-refractivity contribution >= 4 is 29.4 Å². The second-order valence-corrected chi connectivity index (χ2v) is 7.07. The zero-order chi connectivity index (χ0) is 21.4. The smallest absolute Gasteiger partial charge is 0.411 e. The van der Waals surface area contributed by atoms with Gasteiger partial charge < -0.3 is 9.84 Å². The summed E-state index contributed by atoms with van der Waals surface area (Å²) in [6.45, 7) is -0.0256. The summed E-state index contributed by atoms with van der Waals surface area (Å²) in [6, 6.07) is 16.3. The molecule has 0 radical (unpaired) electrons. The lowest BCUT2D eigenvalue weighted by Crippen LogP contribution is -2.19. The van der Waals surface area contributed by atoms with Crippen LogP contribution >= 0.6 is 11.6 Å². The Bertz CT molecular complexity index is 1140. The lowest BCUT2D eigenvalue weighted by Gasteiger charge is -2.15. The molecule has 1 aliphatic rings. The van der Waals surface area contributed by atoms with Crippen LogP contribution in [0.15, 0.2) is 54.6 Å². The third-order valence-electron chi connectivity index (χ3n) is 4.95. The van der Waals surface area contributed by atoms with Gasteiger partial charge in [-0.2, -0.15) is 0 Å². The van der Waals surface area contributed by atoms with Gasteiger partial charge in [0.1, 0.15) is 12.2 Å². The van der Waals surface area contributed by atoms with Crippen molar-refractivity contribution in [2.24, 2.45) is 0 Å². The Morgan fingerprint density at radius 3 is 2.13 bits per heavy atom. The number of carbonyl (C=O) groups excluding carboxylic acids is 1. The number of fused-ring (bicyclic) bond motifs is 3. The number of hydrogen-bond donors (Lipinski definition) is 2. The molecular weight excluding hydrogens is 416 g/mol. The minimum atomic E-state index is -1.84. The fourth-order valence-electron chi connectivity index (χ4n) is 3.63. The first-order valence-electron chi connectivity index (χ1n) is 8.91. The Hall–Kier alpha value is -3.45. The molecule has 0 atom stereocenters. The third kappa shape index (κ3) is 3.37. The van der Waals surface area contributed by atoms with Crippen molar-refractivity contribution in [3.8, 4) is 11.1 Å². The van der Waals surface area contributed by atoms with Crippen LogP contribution in [-0.4, -0.2) is 23.8 Å². The fraction of sp³-hybridized carbons (Fsp3) is 0.0909. The van der Waals surface area contributed by atoms with Crippen molar-refractivity contribution in [2.45, 2.75) is 5.92 Å². The van der Waals surface area contributed by atoms with Crippen LogP contribution in [0.2, 0.25) is 5.02 Å². The number of halogens is 3. The van der Waals surface area contributed by atoms with E-state index in [1.807, 2.05) is 48.5 Å². The first-order chi connectivity index (χ1) is 14.4. The Balaban J connectivity index is 1.54. The van der Waals surface area contributed by atoms with Crippen LogP contribution in [-0.2, 0) is 4.74 Å². The summed E-state index contributed by atoms with van der Waals surface area (Å²) in [5.41, 5.74) is 2.24. The van der Waals surface area contributed by atoms with Gasteiger partial charge in [0.15, 0.2) is 11.6 Å². The predicted octanol–water partition coefficient (Wildman–Crippen LogP) is 5.68. The van der Waals surface area contributed by atoms with Gasteiger partial charge in [0.25, 0.3) is 0 Å². The summed E-state index contributed by atoms with van der Waals surface area (Å²) in [6.07, 6.45) is -1.02. The number of aromatic carboxylic acids is 1. The van der Waals surface area contributed by atoms with E-state index in [9.17, 15) is 18.4 Å². The zero-order valence-corrected chi connectivity index (χ0v) is 16.0. The molecule has 0 bridgehead atoms. The largest absolute Gasteiger partial charge is 0.477 e. The summed E-state index contributed by atoms with van der Waals surface area (Å²) >= 11 is 5.61. The molecule has 1 aliphatic carbocycles. The molecule has 30 heavy (non-hydrogen) atoms. The Morgan fingerprint density at radius 2 is 1.57 bits per heavy atom. The molecule has 3 aromatic carbocycles. The van der Waals surface area contributed by atoms with Crippen LogP contribution in [0.4, 0.5) is 19.3 Å². The van der Waals surface area contributed by atoms with Gasteiger partial charge in [0.2, 0.25) is 0 Å². The van der Waals surface area contributed by atoms with Crippen LogP contribution in [0, 0.1) is 11.6 Å². The maximum absolute atomic E-state index is 14.3. The van der Waals surface area contributed by atoms with Gasteiger partial charge >= 0.3 is 12.1 Å². The molecule has 4 rings (SSSR count).